The van der Waals surface area contributed by atoms with Crippen molar-refractivity contribution in [1.82, 2.24) is 0 Å². The summed E-state index contributed by atoms with van der Waals surface area (Å²) in [6, 6.07) is 0. The van der Waals surface area contributed by atoms with E-state index in [-0.39, 0.29) is 5.75 Å². The Kier molecular flexibility index (Phi) is 37.3. The fourth-order valence-electron chi connectivity index (χ4n) is 6.18. The Morgan fingerprint density at radius 1 is 0.364 bits per heavy atom. The summed E-state index contributed by atoms with van der Waals surface area (Å²) in [5.41, 5.74) is 0. The smallest absolute Gasteiger partial charge is 0.267 e. The second kappa shape index (κ2) is 35.7. The highest BCUT2D eigenvalue weighted by molar-refractivity contribution is 7.86. The number of unbranched alkanes of at least 4 members (excludes halogenated alkanes) is 25. The molecular weight excluding hydrogens is 563 g/mol. The van der Waals surface area contributed by atoms with Gasteiger partial charge in [-0.1, -0.05) is 174 Å². The molecule has 0 heterocycles. The minimum atomic E-state index is -3.31. The second-order valence-electron chi connectivity index (χ2n) is 13.5. The van der Waals surface area contributed by atoms with Crippen LogP contribution >= 0.6 is 0 Å². The molecule has 0 aromatic rings. The first-order valence-electron chi connectivity index (χ1n) is 20.1. The zero-order valence-corrected chi connectivity index (χ0v) is 32.2. The third kappa shape index (κ3) is 33.2. The molecule has 0 radical (unpaired) electrons. The van der Waals surface area contributed by atoms with Gasteiger partial charge in [-0.05, 0) is 40.5 Å². The van der Waals surface area contributed by atoms with Gasteiger partial charge in [0.25, 0.3) is 10.1 Å². The molecule has 0 saturated heterocycles. The SMILES string of the molecule is CCCCCCCCCCCCCCCCCCCCCOS(=O)(=O)CCCCCCCCCC.CC[N+](CC)(CC)CC. The summed E-state index contributed by atoms with van der Waals surface area (Å²) in [5.74, 6) is 0.196. The molecule has 0 atom stereocenters. The van der Waals surface area contributed by atoms with Gasteiger partial charge in [-0.15, -0.1) is 0 Å². The lowest BCUT2D eigenvalue weighted by Crippen LogP contribution is -2.47. The molecule has 0 amide bonds. The quantitative estimate of drug-likeness (QED) is 0.0397. The third-order valence-electron chi connectivity index (χ3n) is 9.94. The number of nitrogens with zero attached hydrogens (tertiary/aromatic N) is 1. The lowest BCUT2D eigenvalue weighted by molar-refractivity contribution is -0.921. The van der Waals surface area contributed by atoms with Crippen LogP contribution in [0, 0.1) is 0 Å². The minimum absolute atomic E-state index is 0.196. The van der Waals surface area contributed by atoms with E-state index in [1.807, 2.05) is 0 Å². The predicted octanol–water partition coefficient (Wildman–Crippen LogP) is 12.8. The second-order valence-corrected chi connectivity index (χ2v) is 15.3. The highest BCUT2D eigenvalue weighted by Crippen LogP contribution is 2.15. The summed E-state index contributed by atoms with van der Waals surface area (Å²) in [5, 5.41) is 0. The van der Waals surface area contributed by atoms with Gasteiger partial charge in [0.15, 0.2) is 0 Å². The largest absolute Gasteiger partial charge is 0.325 e. The Morgan fingerprint density at radius 3 is 0.864 bits per heavy atom. The zero-order chi connectivity index (χ0) is 33.0. The summed E-state index contributed by atoms with van der Waals surface area (Å²) >= 11 is 0. The van der Waals surface area contributed by atoms with E-state index in [4.69, 9.17) is 4.18 Å². The van der Waals surface area contributed by atoms with E-state index in [0.717, 1.165) is 32.1 Å². The number of rotatable bonds is 34. The molecule has 44 heavy (non-hydrogen) atoms. The molecule has 0 aliphatic carbocycles. The maximum Gasteiger partial charge on any atom is 0.267 e. The van der Waals surface area contributed by atoms with Crippen molar-refractivity contribution in [2.45, 2.75) is 215 Å². The first-order valence-corrected chi connectivity index (χ1v) is 21.7. The molecule has 0 aliphatic rings. The first kappa shape index (κ1) is 46.0. The van der Waals surface area contributed by atoms with Crippen LogP contribution in [0.3, 0.4) is 0 Å². The minimum Gasteiger partial charge on any atom is -0.325 e. The van der Waals surface area contributed by atoms with Crippen molar-refractivity contribution < 1.29 is 17.1 Å². The third-order valence-corrected chi connectivity index (χ3v) is 11.3. The Bertz CT molecular complexity index is 616. The maximum absolute atomic E-state index is 12.0. The number of hydrogen-bond acceptors (Lipinski definition) is 3. The maximum atomic E-state index is 12.0. The molecule has 0 rings (SSSR count). The summed E-state index contributed by atoms with van der Waals surface area (Å²) in [4.78, 5) is 0. The van der Waals surface area contributed by atoms with Crippen molar-refractivity contribution in [1.29, 1.82) is 0 Å². The van der Waals surface area contributed by atoms with Gasteiger partial charge < -0.3 is 4.48 Å². The molecule has 5 heteroatoms. The van der Waals surface area contributed by atoms with Gasteiger partial charge in [0, 0.05) is 0 Å². The van der Waals surface area contributed by atoms with Crippen molar-refractivity contribution in [3.63, 3.8) is 0 Å². The van der Waals surface area contributed by atoms with Crippen LogP contribution in [-0.2, 0) is 14.3 Å². The standard InChI is InChI=1S/C31H64O3S.C8H20N/c1-3-5-7-9-11-13-14-15-16-17-18-19-20-21-22-23-24-26-28-30-34-35(32,33)31-29-27-25-12-10-8-6-4-2;1-5-9(6-2,7-3)8-4/h3-31H2,1-2H3;5-8H2,1-4H3/q;+1. The van der Waals surface area contributed by atoms with Crippen molar-refractivity contribution in [2.24, 2.45) is 0 Å². The van der Waals surface area contributed by atoms with Crippen LogP contribution < -0.4 is 0 Å². The molecule has 0 bridgehead atoms. The van der Waals surface area contributed by atoms with Crippen LogP contribution in [0.5, 0.6) is 0 Å². The molecule has 0 spiro atoms. The molecule has 0 aromatic carbocycles. The van der Waals surface area contributed by atoms with E-state index in [2.05, 4.69) is 41.5 Å². The summed E-state index contributed by atoms with van der Waals surface area (Å²) < 4.78 is 30.4. The van der Waals surface area contributed by atoms with Crippen LogP contribution in [-0.4, -0.2) is 51.4 Å². The average Bonchev–Trinajstić information content (AvgIpc) is 3.03. The van der Waals surface area contributed by atoms with Gasteiger partial charge in [0.05, 0.1) is 38.5 Å². The van der Waals surface area contributed by atoms with Gasteiger partial charge in [0.1, 0.15) is 0 Å². The van der Waals surface area contributed by atoms with Crippen LogP contribution in [0.2, 0.25) is 0 Å². The van der Waals surface area contributed by atoms with Crippen molar-refractivity contribution in [3.05, 3.63) is 0 Å². The van der Waals surface area contributed by atoms with Crippen molar-refractivity contribution in [2.75, 3.05) is 38.5 Å². The molecule has 0 unspecified atom stereocenters. The molecular formula is C39H84NO3S+. The molecule has 0 N–H and O–H groups in total. The Hall–Kier alpha value is -0.130. The van der Waals surface area contributed by atoms with Crippen molar-refractivity contribution >= 4 is 10.1 Å². The number of hydrogen-bond donors (Lipinski definition) is 0. The molecule has 0 aliphatic heterocycles. The Morgan fingerprint density at radius 2 is 0.614 bits per heavy atom. The lowest BCUT2D eigenvalue weighted by Gasteiger charge is -2.34. The van der Waals surface area contributed by atoms with E-state index in [1.54, 1.807) is 0 Å². The van der Waals surface area contributed by atoms with E-state index in [0.29, 0.717) is 6.61 Å². The van der Waals surface area contributed by atoms with Crippen LogP contribution in [0.25, 0.3) is 0 Å². The monoisotopic (exact) mass is 647 g/mol. The highest BCUT2D eigenvalue weighted by Gasteiger charge is 2.16. The normalized spacial score (nSPS) is 12.0. The first-order chi connectivity index (χ1) is 21.4. The summed E-state index contributed by atoms with van der Waals surface area (Å²) in [6.45, 7) is 19.1. The predicted molar refractivity (Wildman–Crippen MR) is 198 cm³/mol. The van der Waals surface area contributed by atoms with Crippen LogP contribution in [0.4, 0.5) is 0 Å². The lowest BCUT2D eigenvalue weighted by atomic mass is 10.0. The van der Waals surface area contributed by atoms with Gasteiger partial charge in [-0.2, -0.15) is 8.42 Å². The average molecular weight is 647 g/mol. The fourth-order valence-corrected chi connectivity index (χ4v) is 7.23. The summed E-state index contributed by atoms with van der Waals surface area (Å²) in [6.07, 6.45) is 35.0. The Labute approximate surface area is 280 Å². The fraction of sp³-hybridized carbons (Fsp3) is 1.00. The summed E-state index contributed by atoms with van der Waals surface area (Å²) in [7, 11) is -3.31. The van der Waals surface area contributed by atoms with Gasteiger partial charge in [-0.25, -0.2) is 0 Å². The van der Waals surface area contributed by atoms with Crippen LogP contribution in [0.15, 0.2) is 0 Å². The van der Waals surface area contributed by atoms with Gasteiger partial charge >= 0.3 is 0 Å². The molecule has 4 nitrogen and oxygen atoms in total. The highest BCUT2D eigenvalue weighted by atomic mass is 32.2. The van der Waals surface area contributed by atoms with E-state index >= 15 is 0 Å². The zero-order valence-electron chi connectivity index (χ0n) is 31.4. The van der Waals surface area contributed by atoms with E-state index in [1.165, 1.54) is 172 Å². The topological polar surface area (TPSA) is 43.4 Å². The molecule has 0 fully saturated rings. The van der Waals surface area contributed by atoms with E-state index in [9.17, 15) is 8.42 Å². The van der Waals surface area contributed by atoms with Crippen molar-refractivity contribution in [3.8, 4) is 0 Å². The molecule has 0 aromatic heterocycles. The number of quaternary nitrogens is 1. The van der Waals surface area contributed by atoms with Gasteiger partial charge in [-0.3, -0.25) is 4.18 Å². The molecule has 0 saturated carbocycles. The van der Waals surface area contributed by atoms with Crippen LogP contribution in [0.1, 0.15) is 215 Å². The van der Waals surface area contributed by atoms with Gasteiger partial charge in [0.2, 0.25) is 0 Å². The molecule has 268 valence electrons. The van der Waals surface area contributed by atoms with E-state index < -0.39 is 10.1 Å². The Balaban J connectivity index is 0.